The molecular formula is C11H24N2S. The van der Waals surface area contributed by atoms with Crippen molar-refractivity contribution in [1.82, 2.24) is 10.2 Å². The lowest BCUT2D eigenvalue weighted by molar-refractivity contribution is 0.406. The Kier molecular flexibility index (Phi) is 7.86. The van der Waals surface area contributed by atoms with E-state index in [1.807, 2.05) is 0 Å². The van der Waals surface area contributed by atoms with Crippen molar-refractivity contribution in [3.63, 3.8) is 0 Å². The molecule has 0 radical (unpaired) electrons. The van der Waals surface area contributed by atoms with E-state index in [0.717, 1.165) is 37.6 Å². The molecule has 0 fully saturated rings. The molecule has 2 nitrogen and oxygen atoms in total. The Morgan fingerprint density at radius 2 is 1.71 bits per heavy atom. The fourth-order valence-electron chi connectivity index (χ4n) is 1.26. The first-order valence-corrected chi connectivity index (χ1v) is 6.05. The zero-order chi connectivity index (χ0) is 11.0. The summed E-state index contributed by atoms with van der Waals surface area (Å²) in [5, 5.41) is 4.23. The van der Waals surface area contributed by atoms with E-state index in [2.05, 4.69) is 37.9 Å². The minimum atomic E-state index is 0.651. The maximum Gasteiger partial charge on any atom is 0.168 e. The van der Waals surface area contributed by atoms with Gasteiger partial charge in [0.25, 0.3) is 0 Å². The first-order chi connectivity index (χ1) is 6.61. The lowest BCUT2D eigenvalue weighted by Crippen LogP contribution is -2.41. The van der Waals surface area contributed by atoms with Crippen LogP contribution >= 0.6 is 12.2 Å². The van der Waals surface area contributed by atoms with Gasteiger partial charge < -0.3 is 10.2 Å². The van der Waals surface area contributed by atoms with Gasteiger partial charge in [0, 0.05) is 19.6 Å². The lowest BCUT2D eigenvalue weighted by atomic mass is 10.2. The van der Waals surface area contributed by atoms with Gasteiger partial charge in [0.15, 0.2) is 5.11 Å². The molecule has 0 aliphatic carbocycles. The molecule has 0 aromatic heterocycles. The highest BCUT2D eigenvalue weighted by Gasteiger charge is 2.06. The van der Waals surface area contributed by atoms with Crippen LogP contribution in [-0.2, 0) is 0 Å². The second kappa shape index (κ2) is 8.04. The highest BCUT2D eigenvalue weighted by Crippen LogP contribution is 1.96. The summed E-state index contributed by atoms with van der Waals surface area (Å²) in [5.41, 5.74) is 0. The third-order valence-electron chi connectivity index (χ3n) is 1.94. The highest BCUT2D eigenvalue weighted by molar-refractivity contribution is 7.80. The quantitative estimate of drug-likeness (QED) is 0.687. The van der Waals surface area contributed by atoms with Crippen LogP contribution in [0.25, 0.3) is 0 Å². The van der Waals surface area contributed by atoms with Gasteiger partial charge in [-0.1, -0.05) is 27.7 Å². The number of rotatable bonds is 6. The van der Waals surface area contributed by atoms with Gasteiger partial charge in [-0.05, 0) is 31.0 Å². The van der Waals surface area contributed by atoms with Crippen LogP contribution < -0.4 is 5.32 Å². The molecule has 0 heterocycles. The highest BCUT2D eigenvalue weighted by atomic mass is 32.1. The standard InChI is InChI=1S/C11H24N2S/c1-5-7-13(8-6-2)11(14)12-9-10(3)4/h10H,5-9H2,1-4H3,(H,12,14). The molecule has 0 saturated carbocycles. The van der Waals surface area contributed by atoms with Crippen molar-refractivity contribution in [1.29, 1.82) is 0 Å². The van der Waals surface area contributed by atoms with Crippen LogP contribution in [0.4, 0.5) is 0 Å². The SMILES string of the molecule is CCCN(CCC)C(=S)NCC(C)C. The van der Waals surface area contributed by atoms with Crippen molar-refractivity contribution in [3.8, 4) is 0 Å². The molecule has 0 saturated heterocycles. The summed E-state index contributed by atoms with van der Waals surface area (Å²) in [4.78, 5) is 2.26. The molecule has 0 rings (SSSR count). The first-order valence-electron chi connectivity index (χ1n) is 5.64. The topological polar surface area (TPSA) is 15.3 Å². The maximum absolute atomic E-state index is 5.34. The molecule has 0 atom stereocenters. The second-order valence-electron chi connectivity index (χ2n) is 4.07. The van der Waals surface area contributed by atoms with Crippen LogP contribution in [0, 0.1) is 5.92 Å². The van der Waals surface area contributed by atoms with Gasteiger partial charge in [-0.3, -0.25) is 0 Å². The summed E-state index contributed by atoms with van der Waals surface area (Å²) in [6.45, 7) is 11.9. The van der Waals surface area contributed by atoms with Gasteiger partial charge in [-0.15, -0.1) is 0 Å². The first kappa shape index (κ1) is 13.7. The van der Waals surface area contributed by atoms with Gasteiger partial charge >= 0.3 is 0 Å². The summed E-state index contributed by atoms with van der Waals surface area (Å²) < 4.78 is 0. The molecule has 14 heavy (non-hydrogen) atoms. The monoisotopic (exact) mass is 216 g/mol. The number of nitrogens with one attached hydrogen (secondary N) is 1. The summed E-state index contributed by atoms with van der Waals surface area (Å²) in [5.74, 6) is 0.651. The zero-order valence-electron chi connectivity index (χ0n) is 9.97. The molecule has 0 bridgehead atoms. The van der Waals surface area contributed by atoms with E-state index < -0.39 is 0 Å². The predicted molar refractivity (Wildman–Crippen MR) is 67.6 cm³/mol. The van der Waals surface area contributed by atoms with E-state index in [1.54, 1.807) is 0 Å². The zero-order valence-corrected chi connectivity index (χ0v) is 10.8. The summed E-state index contributed by atoms with van der Waals surface area (Å²) in [6, 6.07) is 0. The van der Waals surface area contributed by atoms with Gasteiger partial charge in [-0.2, -0.15) is 0 Å². The van der Waals surface area contributed by atoms with E-state index in [0.29, 0.717) is 5.92 Å². The fourth-order valence-corrected chi connectivity index (χ4v) is 1.52. The van der Waals surface area contributed by atoms with Gasteiger partial charge in [-0.25, -0.2) is 0 Å². The Hall–Kier alpha value is -0.310. The third-order valence-corrected chi connectivity index (χ3v) is 2.34. The Labute approximate surface area is 94.1 Å². The van der Waals surface area contributed by atoms with Crippen molar-refractivity contribution in [3.05, 3.63) is 0 Å². The van der Waals surface area contributed by atoms with Crippen LogP contribution in [0.2, 0.25) is 0 Å². The molecule has 1 N–H and O–H groups in total. The van der Waals surface area contributed by atoms with Crippen LogP contribution in [0.5, 0.6) is 0 Å². The van der Waals surface area contributed by atoms with Crippen molar-refractivity contribution in [2.24, 2.45) is 5.92 Å². The van der Waals surface area contributed by atoms with E-state index in [4.69, 9.17) is 12.2 Å². The normalized spacial score (nSPS) is 10.4. The largest absolute Gasteiger partial charge is 0.362 e. The molecule has 0 aromatic carbocycles. The molecular weight excluding hydrogens is 192 g/mol. The molecule has 0 aliphatic heterocycles. The Bertz CT molecular complexity index is 151. The lowest BCUT2D eigenvalue weighted by Gasteiger charge is -2.25. The van der Waals surface area contributed by atoms with Crippen LogP contribution in [0.15, 0.2) is 0 Å². The van der Waals surface area contributed by atoms with E-state index in [9.17, 15) is 0 Å². The summed E-state index contributed by atoms with van der Waals surface area (Å²) in [7, 11) is 0. The molecule has 0 amide bonds. The number of nitrogens with zero attached hydrogens (tertiary/aromatic N) is 1. The molecule has 84 valence electrons. The van der Waals surface area contributed by atoms with Gasteiger partial charge in [0.1, 0.15) is 0 Å². The van der Waals surface area contributed by atoms with Gasteiger partial charge in [0.2, 0.25) is 0 Å². The van der Waals surface area contributed by atoms with E-state index in [-0.39, 0.29) is 0 Å². The minimum absolute atomic E-state index is 0.651. The average Bonchev–Trinajstić information content (AvgIpc) is 2.14. The predicted octanol–water partition coefficient (Wildman–Crippen LogP) is 2.64. The Morgan fingerprint density at radius 3 is 2.07 bits per heavy atom. The van der Waals surface area contributed by atoms with E-state index in [1.165, 1.54) is 0 Å². The van der Waals surface area contributed by atoms with Crippen molar-refractivity contribution < 1.29 is 0 Å². The average molecular weight is 216 g/mol. The summed E-state index contributed by atoms with van der Waals surface area (Å²) >= 11 is 5.34. The molecule has 0 aliphatic rings. The van der Waals surface area contributed by atoms with Crippen LogP contribution in [-0.4, -0.2) is 29.6 Å². The van der Waals surface area contributed by atoms with Gasteiger partial charge in [0.05, 0.1) is 0 Å². The molecule has 0 aromatic rings. The van der Waals surface area contributed by atoms with Crippen molar-refractivity contribution in [2.45, 2.75) is 40.5 Å². The summed E-state index contributed by atoms with van der Waals surface area (Å²) in [6.07, 6.45) is 2.31. The molecule has 3 heteroatoms. The smallest absolute Gasteiger partial charge is 0.168 e. The Balaban J connectivity index is 3.88. The van der Waals surface area contributed by atoms with E-state index >= 15 is 0 Å². The van der Waals surface area contributed by atoms with Crippen LogP contribution in [0.3, 0.4) is 0 Å². The molecule has 0 spiro atoms. The van der Waals surface area contributed by atoms with Crippen molar-refractivity contribution >= 4 is 17.3 Å². The second-order valence-corrected chi connectivity index (χ2v) is 4.45. The number of hydrogen-bond acceptors (Lipinski definition) is 1. The van der Waals surface area contributed by atoms with Crippen LogP contribution in [0.1, 0.15) is 40.5 Å². The van der Waals surface area contributed by atoms with Crippen molar-refractivity contribution in [2.75, 3.05) is 19.6 Å². The molecule has 0 unspecified atom stereocenters. The fraction of sp³-hybridized carbons (Fsp3) is 0.909. The maximum atomic E-state index is 5.34. The minimum Gasteiger partial charge on any atom is -0.362 e. The number of hydrogen-bond donors (Lipinski definition) is 1. The third kappa shape index (κ3) is 6.19. The number of thiocarbonyl (C=S) groups is 1. The Morgan fingerprint density at radius 1 is 1.21 bits per heavy atom.